The SMILES string of the molecule is O=C(COc1ccc(-c2ncccn2)cc1CN1CCc2ccccc2C1)NCc1ccc(C(F)(F)F)cc1. The Hall–Kier alpha value is -4.24. The van der Waals surface area contributed by atoms with Gasteiger partial charge in [-0.05, 0) is 59.5 Å². The topological polar surface area (TPSA) is 67.3 Å². The van der Waals surface area contributed by atoms with Crippen molar-refractivity contribution in [3.8, 4) is 17.1 Å². The zero-order valence-corrected chi connectivity index (χ0v) is 21.1. The van der Waals surface area contributed by atoms with Crippen molar-refractivity contribution < 1.29 is 22.7 Å². The second-order valence-corrected chi connectivity index (χ2v) is 9.38. The highest BCUT2D eigenvalue weighted by molar-refractivity contribution is 5.77. The molecule has 3 aromatic carbocycles. The molecular formula is C30H27F3N4O2. The predicted molar refractivity (Wildman–Crippen MR) is 141 cm³/mol. The van der Waals surface area contributed by atoms with E-state index >= 15 is 0 Å². The molecule has 1 aliphatic heterocycles. The molecule has 0 saturated heterocycles. The first-order chi connectivity index (χ1) is 18.8. The van der Waals surface area contributed by atoms with Crippen LogP contribution in [0.25, 0.3) is 11.4 Å². The molecule has 0 atom stereocenters. The number of ether oxygens (including phenoxy) is 1. The summed E-state index contributed by atoms with van der Waals surface area (Å²) in [5.74, 6) is 0.810. The van der Waals surface area contributed by atoms with Gasteiger partial charge in [0.2, 0.25) is 0 Å². The lowest BCUT2D eigenvalue weighted by Gasteiger charge is -2.29. The third-order valence-electron chi connectivity index (χ3n) is 6.62. The van der Waals surface area contributed by atoms with Crippen molar-refractivity contribution in [3.63, 3.8) is 0 Å². The van der Waals surface area contributed by atoms with E-state index in [1.807, 2.05) is 24.3 Å². The molecule has 1 amide bonds. The second-order valence-electron chi connectivity index (χ2n) is 9.38. The monoisotopic (exact) mass is 532 g/mol. The summed E-state index contributed by atoms with van der Waals surface area (Å²) >= 11 is 0. The standard InChI is InChI=1S/C30H27F3N4O2/c31-30(32,33)26-9-6-21(7-10-26)17-36-28(38)20-39-27-11-8-23(29-34-13-3-14-35-29)16-25(27)19-37-15-12-22-4-1-2-5-24(22)18-37/h1-11,13-14,16H,12,15,17-20H2,(H,36,38). The van der Waals surface area contributed by atoms with Gasteiger partial charge in [0, 0.05) is 49.7 Å². The van der Waals surface area contributed by atoms with Gasteiger partial charge >= 0.3 is 6.18 Å². The summed E-state index contributed by atoms with van der Waals surface area (Å²) in [7, 11) is 0. The van der Waals surface area contributed by atoms with Crippen molar-refractivity contribution in [2.75, 3.05) is 13.2 Å². The van der Waals surface area contributed by atoms with Gasteiger partial charge in [-0.3, -0.25) is 9.69 Å². The Labute approximate surface area is 224 Å². The van der Waals surface area contributed by atoms with Crippen LogP contribution in [0.1, 0.15) is 27.8 Å². The average molecular weight is 533 g/mol. The number of aromatic nitrogens is 2. The first-order valence-electron chi connectivity index (χ1n) is 12.6. The van der Waals surface area contributed by atoms with Crippen molar-refractivity contribution in [3.05, 3.63) is 113 Å². The quantitative estimate of drug-likeness (QED) is 0.329. The van der Waals surface area contributed by atoms with Crippen LogP contribution in [0.3, 0.4) is 0 Å². The molecular weight excluding hydrogens is 505 g/mol. The Balaban J connectivity index is 1.26. The fraction of sp³-hybridized carbons (Fsp3) is 0.233. The van der Waals surface area contributed by atoms with E-state index in [0.29, 0.717) is 23.7 Å². The third-order valence-corrected chi connectivity index (χ3v) is 6.62. The van der Waals surface area contributed by atoms with E-state index in [0.717, 1.165) is 42.8 Å². The van der Waals surface area contributed by atoms with Gasteiger partial charge in [0.05, 0.1) is 5.56 Å². The maximum absolute atomic E-state index is 12.8. The van der Waals surface area contributed by atoms with Crippen LogP contribution in [-0.4, -0.2) is 33.9 Å². The smallest absolute Gasteiger partial charge is 0.416 e. The van der Waals surface area contributed by atoms with E-state index in [-0.39, 0.29) is 19.1 Å². The van der Waals surface area contributed by atoms with Crippen LogP contribution < -0.4 is 10.1 Å². The molecule has 6 nitrogen and oxygen atoms in total. The largest absolute Gasteiger partial charge is 0.483 e. The molecule has 39 heavy (non-hydrogen) atoms. The van der Waals surface area contributed by atoms with Crippen LogP contribution in [0, 0.1) is 0 Å². The van der Waals surface area contributed by atoms with Gasteiger partial charge in [0.15, 0.2) is 12.4 Å². The van der Waals surface area contributed by atoms with Crippen molar-refractivity contribution in [1.29, 1.82) is 0 Å². The van der Waals surface area contributed by atoms with Crippen molar-refractivity contribution in [1.82, 2.24) is 20.2 Å². The Kier molecular flexibility index (Phi) is 7.88. The van der Waals surface area contributed by atoms with E-state index in [4.69, 9.17) is 4.74 Å². The lowest BCUT2D eigenvalue weighted by molar-refractivity contribution is -0.137. The number of amides is 1. The summed E-state index contributed by atoms with van der Waals surface area (Å²) < 4.78 is 44.2. The molecule has 0 radical (unpaired) electrons. The molecule has 200 valence electrons. The molecule has 0 unspecified atom stereocenters. The zero-order valence-electron chi connectivity index (χ0n) is 21.1. The molecule has 1 aliphatic rings. The summed E-state index contributed by atoms with van der Waals surface area (Å²) in [5, 5.41) is 2.70. The van der Waals surface area contributed by atoms with Gasteiger partial charge in [0.1, 0.15) is 5.75 Å². The molecule has 1 N–H and O–H groups in total. The number of nitrogens with zero attached hydrogens (tertiary/aromatic N) is 3. The van der Waals surface area contributed by atoms with E-state index < -0.39 is 11.7 Å². The fourth-order valence-electron chi connectivity index (χ4n) is 4.57. The summed E-state index contributed by atoms with van der Waals surface area (Å²) in [6.45, 7) is 2.21. The second kappa shape index (κ2) is 11.7. The summed E-state index contributed by atoms with van der Waals surface area (Å²) in [5.41, 5.74) is 4.26. The van der Waals surface area contributed by atoms with E-state index in [9.17, 15) is 18.0 Å². The highest BCUT2D eigenvalue weighted by Gasteiger charge is 2.29. The maximum Gasteiger partial charge on any atom is 0.416 e. The Morgan fingerprint density at radius 3 is 2.44 bits per heavy atom. The normalized spacial score (nSPS) is 13.5. The molecule has 0 aliphatic carbocycles. The predicted octanol–water partition coefficient (Wildman–Crippen LogP) is 5.42. The van der Waals surface area contributed by atoms with Crippen LogP contribution in [0.4, 0.5) is 13.2 Å². The first kappa shape index (κ1) is 26.4. The van der Waals surface area contributed by atoms with E-state index in [1.54, 1.807) is 18.5 Å². The maximum atomic E-state index is 12.8. The average Bonchev–Trinajstić information content (AvgIpc) is 2.95. The fourth-order valence-corrected chi connectivity index (χ4v) is 4.57. The van der Waals surface area contributed by atoms with Crippen LogP contribution in [-0.2, 0) is 37.0 Å². The van der Waals surface area contributed by atoms with Crippen LogP contribution >= 0.6 is 0 Å². The molecule has 0 saturated carbocycles. The highest BCUT2D eigenvalue weighted by Crippen LogP contribution is 2.30. The first-order valence-corrected chi connectivity index (χ1v) is 12.6. The van der Waals surface area contributed by atoms with Gasteiger partial charge in [-0.1, -0.05) is 36.4 Å². The third kappa shape index (κ3) is 6.80. The minimum absolute atomic E-state index is 0.102. The van der Waals surface area contributed by atoms with Gasteiger partial charge < -0.3 is 10.1 Å². The number of carbonyl (C=O) groups excluding carboxylic acids is 1. The number of hydrogen-bond donors (Lipinski definition) is 1. The van der Waals surface area contributed by atoms with Crippen LogP contribution in [0.2, 0.25) is 0 Å². The Morgan fingerprint density at radius 1 is 0.949 bits per heavy atom. The van der Waals surface area contributed by atoms with Crippen LogP contribution in [0.5, 0.6) is 5.75 Å². The minimum atomic E-state index is -4.40. The molecule has 5 rings (SSSR count). The van der Waals surface area contributed by atoms with Crippen molar-refractivity contribution in [2.24, 2.45) is 0 Å². The van der Waals surface area contributed by atoms with Crippen LogP contribution in [0.15, 0.2) is 85.2 Å². The molecule has 4 aromatic rings. The van der Waals surface area contributed by atoms with Gasteiger partial charge in [-0.2, -0.15) is 13.2 Å². The van der Waals surface area contributed by atoms with E-state index in [1.165, 1.54) is 23.3 Å². The lowest BCUT2D eigenvalue weighted by atomic mass is 9.99. The number of nitrogens with one attached hydrogen (secondary N) is 1. The highest BCUT2D eigenvalue weighted by atomic mass is 19.4. The van der Waals surface area contributed by atoms with Gasteiger partial charge in [-0.15, -0.1) is 0 Å². The molecule has 2 heterocycles. The number of fused-ring (bicyclic) bond motifs is 1. The Morgan fingerprint density at radius 2 is 1.69 bits per heavy atom. The minimum Gasteiger partial charge on any atom is -0.483 e. The number of hydrogen-bond acceptors (Lipinski definition) is 5. The number of rotatable bonds is 8. The summed E-state index contributed by atoms with van der Waals surface area (Å²) in [6.07, 6.45) is -0.0583. The number of alkyl halides is 3. The van der Waals surface area contributed by atoms with Gasteiger partial charge in [-0.25, -0.2) is 9.97 Å². The zero-order chi connectivity index (χ0) is 27.2. The molecule has 9 heteroatoms. The summed E-state index contributed by atoms with van der Waals surface area (Å²) in [6, 6.07) is 20.6. The van der Waals surface area contributed by atoms with Crippen molar-refractivity contribution in [2.45, 2.75) is 32.2 Å². The molecule has 1 aromatic heterocycles. The molecule has 0 spiro atoms. The lowest BCUT2D eigenvalue weighted by Crippen LogP contribution is -2.31. The number of halogens is 3. The summed E-state index contributed by atoms with van der Waals surface area (Å²) in [4.78, 5) is 23.5. The Bertz CT molecular complexity index is 1430. The number of carbonyl (C=O) groups is 1. The van der Waals surface area contributed by atoms with Gasteiger partial charge in [0.25, 0.3) is 5.91 Å². The number of benzene rings is 3. The molecule has 0 fully saturated rings. The van der Waals surface area contributed by atoms with E-state index in [2.05, 4.69) is 38.4 Å². The van der Waals surface area contributed by atoms with Crippen molar-refractivity contribution >= 4 is 5.91 Å². The molecule has 0 bridgehead atoms.